The van der Waals surface area contributed by atoms with Gasteiger partial charge in [0.05, 0.1) is 0 Å². The summed E-state index contributed by atoms with van der Waals surface area (Å²) in [6.07, 6.45) is 2.45. The molecule has 0 spiro atoms. The van der Waals surface area contributed by atoms with Gasteiger partial charge in [0.15, 0.2) is 34.5 Å². The number of carbonyl (C=O) groups excluding carboxylic acids is 1. The van der Waals surface area contributed by atoms with Gasteiger partial charge in [-0.2, -0.15) is 0 Å². The molecule has 0 radical (unpaired) electrons. The molecule has 25 heavy (non-hydrogen) atoms. The number of benzene rings is 2. The fraction of sp³-hybridized carbons (Fsp3) is 0. The molecule has 0 fully saturated rings. The highest BCUT2D eigenvalue weighted by molar-refractivity contribution is 5.93. The number of hydrogen-bond donors (Lipinski definition) is 6. The second kappa shape index (κ2) is 5.68. The molecule has 8 nitrogen and oxygen atoms in total. The predicted octanol–water partition coefficient (Wildman–Crippen LogP) is 1.79. The van der Waals surface area contributed by atoms with Crippen molar-refractivity contribution in [1.29, 1.82) is 0 Å². The minimum atomic E-state index is -0.733. The van der Waals surface area contributed by atoms with E-state index < -0.39 is 40.5 Å². The van der Waals surface area contributed by atoms with Crippen LogP contribution in [0.25, 0.3) is 5.57 Å². The van der Waals surface area contributed by atoms with Crippen LogP contribution in [0.5, 0.6) is 34.5 Å². The van der Waals surface area contributed by atoms with Gasteiger partial charge in [-0.1, -0.05) is 0 Å². The Morgan fingerprint density at radius 1 is 0.680 bits per heavy atom. The van der Waals surface area contributed by atoms with Crippen LogP contribution >= 0.6 is 0 Å². The SMILES string of the molecule is O=C1C=CC(=C(c2cc(O)c(O)c(O)c2)c2cc(O)c(O)c(O)c2)O1. The average Bonchev–Trinajstić information content (AvgIpc) is 2.96. The van der Waals surface area contributed by atoms with E-state index in [1.165, 1.54) is 6.08 Å². The molecule has 0 unspecified atom stereocenters. The molecule has 6 N–H and O–H groups in total. The predicted molar refractivity (Wildman–Crippen MR) is 84.1 cm³/mol. The first kappa shape index (κ1) is 16.1. The number of cyclic esters (lactones) is 1. The Labute approximate surface area is 140 Å². The van der Waals surface area contributed by atoms with Crippen molar-refractivity contribution in [2.24, 2.45) is 0 Å². The lowest BCUT2D eigenvalue weighted by Gasteiger charge is -2.14. The van der Waals surface area contributed by atoms with Gasteiger partial charge < -0.3 is 35.4 Å². The molecule has 0 amide bonds. The van der Waals surface area contributed by atoms with E-state index in [-0.39, 0.29) is 22.5 Å². The van der Waals surface area contributed by atoms with Gasteiger partial charge in [0, 0.05) is 11.6 Å². The molecule has 2 aromatic carbocycles. The van der Waals surface area contributed by atoms with Gasteiger partial charge in [-0.25, -0.2) is 4.79 Å². The summed E-state index contributed by atoms with van der Waals surface area (Å²) in [5.74, 6) is -4.64. The molecule has 0 aromatic heterocycles. The van der Waals surface area contributed by atoms with Crippen molar-refractivity contribution in [1.82, 2.24) is 0 Å². The van der Waals surface area contributed by atoms with Crippen molar-refractivity contribution in [3.8, 4) is 34.5 Å². The largest absolute Gasteiger partial charge is 0.504 e. The highest BCUT2D eigenvalue weighted by Crippen LogP contribution is 2.43. The highest BCUT2D eigenvalue weighted by atomic mass is 16.5. The standard InChI is InChI=1S/C17H12O8/c18-9-3-7(4-10(19)16(9)23)15(13-1-2-14(22)25-13)8-5-11(20)17(24)12(21)6-8/h1-6,18-21,23-24H. The molecule has 1 aliphatic rings. The summed E-state index contributed by atoms with van der Waals surface area (Å²) in [5.41, 5.74) is 0.344. The monoisotopic (exact) mass is 344 g/mol. The molecular weight excluding hydrogens is 332 g/mol. The normalized spacial score (nSPS) is 13.1. The van der Waals surface area contributed by atoms with Crippen LogP contribution in [0, 0.1) is 0 Å². The number of esters is 1. The van der Waals surface area contributed by atoms with Crippen molar-refractivity contribution >= 4 is 11.5 Å². The van der Waals surface area contributed by atoms with Crippen molar-refractivity contribution < 1.29 is 40.2 Å². The van der Waals surface area contributed by atoms with E-state index in [2.05, 4.69) is 0 Å². The number of ether oxygens (including phenoxy) is 1. The minimum absolute atomic E-state index is 0.0129. The van der Waals surface area contributed by atoms with Gasteiger partial charge in [0.1, 0.15) is 5.76 Å². The van der Waals surface area contributed by atoms with E-state index in [9.17, 15) is 35.4 Å². The first-order valence-electron chi connectivity index (χ1n) is 6.92. The lowest BCUT2D eigenvalue weighted by molar-refractivity contribution is -0.132. The highest BCUT2D eigenvalue weighted by Gasteiger charge is 2.22. The second-order valence-electron chi connectivity index (χ2n) is 5.22. The zero-order valence-electron chi connectivity index (χ0n) is 12.5. The van der Waals surface area contributed by atoms with Crippen molar-refractivity contribution in [2.75, 3.05) is 0 Å². The quantitative estimate of drug-likeness (QED) is 0.357. The smallest absolute Gasteiger partial charge is 0.336 e. The van der Waals surface area contributed by atoms with E-state index in [1.807, 2.05) is 0 Å². The summed E-state index contributed by atoms with van der Waals surface area (Å²) in [5, 5.41) is 57.9. The third-order valence-corrected chi connectivity index (χ3v) is 3.54. The van der Waals surface area contributed by atoms with E-state index in [0.717, 1.165) is 30.3 Å². The van der Waals surface area contributed by atoms with Gasteiger partial charge in [0.25, 0.3) is 0 Å². The number of phenolic OH excluding ortho intramolecular Hbond substituents is 6. The average molecular weight is 344 g/mol. The van der Waals surface area contributed by atoms with Crippen LogP contribution in [0.1, 0.15) is 11.1 Å². The maximum Gasteiger partial charge on any atom is 0.336 e. The molecular formula is C17H12O8. The Morgan fingerprint density at radius 2 is 1.08 bits per heavy atom. The van der Waals surface area contributed by atoms with Gasteiger partial charge >= 0.3 is 5.97 Å². The van der Waals surface area contributed by atoms with Crippen molar-refractivity contribution in [3.05, 3.63) is 53.3 Å². The summed E-state index contributed by atoms with van der Waals surface area (Å²) < 4.78 is 5.03. The molecule has 1 aliphatic heterocycles. The Kier molecular flexibility index (Phi) is 3.65. The molecule has 0 saturated heterocycles. The second-order valence-corrected chi connectivity index (χ2v) is 5.22. The first-order valence-corrected chi connectivity index (χ1v) is 6.92. The van der Waals surface area contributed by atoms with Gasteiger partial charge in [0.2, 0.25) is 0 Å². The number of phenols is 6. The minimum Gasteiger partial charge on any atom is -0.504 e. The van der Waals surface area contributed by atoms with Crippen LogP contribution < -0.4 is 0 Å². The third kappa shape index (κ3) is 2.76. The zero-order chi connectivity index (χ0) is 18.3. The lowest BCUT2D eigenvalue weighted by Crippen LogP contribution is -1.97. The maximum atomic E-state index is 11.4. The summed E-state index contributed by atoms with van der Waals surface area (Å²) in [6.45, 7) is 0. The number of rotatable bonds is 2. The Bertz CT molecular complexity index is 850. The molecule has 128 valence electrons. The summed E-state index contributed by atoms with van der Waals surface area (Å²) in [6, 6.07) is 4.38. The topological polar surface area (TPSA) is 148 Å². The van der Waals surface area contributed by atoms with Crippen LogP contribution in [0.2, 0.25) is 0 Å². The summed E-state index contributed by atoms with van der Waals surface area (Å²) in [4.78, 5) is 11.4. The van der Waals surface area contributed by atoms with Crippen molar-refractivity contribution in [3.63, 3.8) is 0 Å². The molecule has 0 bridgehead atoms. The Hall–Kier alpha value is -3.81. The molecule has 1 heterocycles. The van der Waals surface area contributed by atoms with Crippen LogP contribution in [0.4, 0.5) is 0 Å². The summed E-state index contributed by atoms with van der Waals surface area (Å²) in [7, 11) is 0. The lowest BCUT2D eigenvalue weighted by atomic mass is 9.95. The van der Waals surface area contributed by atoms with Crippen molar-refractivity contribution in [2.45, 2.75) is 0 Å². The van der Waals surface area contributed by atoms with Gasteiger partial charge in [-0.15, -0.1) is 0 Å². The van der Waals surface area contributed by atoms with E-state index in [1.54, 1.807) is 0 Å². The van der Waals surface area contributed by atoms with Gasteiger partial charge in [-0.05, 0) is 41.5 Å². The van der Waals surface area contributed by atoms with Crippen LogP contribution in [0.15, 0.2) is 42.2 Å². The zero-order valence-corrected chi connectivity index (χ0v) is 12.5. The summed E-state index contributed by atoms with van der Waals surface area (Å²) >= 11 is 0. The van der Waals surface area contributed by atoms with E-state index >= 15 is 0 Å². The van der Waals surface area contributed by atoms with Gasteiger partial charge in [-0.3, -0.25) is 0 Å². The van der Waals surface area contributed by atoms with E-state index in [4.69, 9.17) is 4.74 Å². The number of aromatic hydroxyl groups is 6. The first-order chi connectivity index (χ1) is 11.8. The third-order valence-electron chi connectivity index (χ3n) is 3.54. The number of carbonyl (C=O) groups is 1. The van der Waals surface area contributed by atoms with Crippen LogP contribution in [0.3, 0.4) is 0 Å². The van der Waals surface area contributed by atoms with E-state index in [0.29, 0.717) is 0 Å². The number of hydrogen-bond acceptors (Lipinski definition) is 8. The maximum absolute atomic E-state index is 11.4. The Morgan fingerprint density at radius 3 is 1.40 bits per heavy atom. The van der Waals surface area contributed by atoms with Crippen LogP contribution in [-0.2, 0) is 9.53 Å². The number of allylic oxidation sites excluding steroid dienone is 1. The molecule has 8 heteroatoms. The Balaban J connectivity index is 2.30. The fourth-order valence-corrected chi connectivity index (χ4v) is 2.40. The molecule has 0 aliphatic carbocycles. The molecule has 2 aromatic rings. The molecule has 0 saturated carbocycles. The molecule has 3 rings (SSSR count). The van der Waals surface area contributed by atoms with Crippen LogP contribution in [-0.4, -0.2) is 36.6 Å². The molecule has 0 atom stereocenters. The fourth-order valence-electron chi connectivity index (χ4n) is 2.40.